The first kappa shape index (κ1) is 16.1. The quantitative estimate of drug-likeness (QED) is 0.660. The standard InChI is InChI=1S/C14H27N3O2/c1-5-8-15-12(11(3)4)10-14-16-13(17-19-14)7-9-18-6-2/h11-12,15H,5-10H2,1-4H3. The molecule has 0 amide bonds. The molecule has 110 valence electrons. The summed E-state index contributed by atoms with van der Waals surface area (Å²) in [6.45, 7) is 11.0. The fraction of sp³-hybridized carbons (Fsp3) is 0.857. The summed E-state index contributed by atoms with van der Waals surface area (Å²) in [5.41, 5.74) is 0. The van der Waals surface area contributed by atoms with Gasteiger partial charge in [0.1, 0.15) is 0 Å². The minimum absolute atomic E-state index is 0.389. The lowest BCUT2D eigenvalue weighted by Gasteiger charge is -2.20. The highest BCUT2D eigenvalue weighted by Gasteiger charge is 2.17. The van der Waals surface area contributed by atoms with Crippen molar-refractivity contribution in [2.24, 2.45) is 5.92 Å². The van der Waals surface area contributed by atoms with E-state index in [2.05, 4.69) is 36.2 Å². The Balaban J connectivity index is 2.45. The molecule has 5 heteroatoms. The minimum atomic E-state index is 0.389. The van der Waals surface area contributed by atoms with Crippen LogP contribution < -0.4 is 5.32 Å². The Morgan fingerprint density at radius 3 is 2.74 bits per heavy atom. The maximum atomic E-state index is 5.30. The third-order valence-corrected chi connectivity index (χ3v) is 3.04. The zero-order valence-electron chi connectivity index (χ0n) is 12.6. The van der Waals surface area contributed by atoms with Gasteiger partial charge in [-0.3, -0.25) is 0 Å². The lowest BCUT2D eigenvalue weighted by molar-refractivity contribution is 0.149. The lowest BCUT2D eigenvalue weighted by atomic mass is 10.0. The van der Waals surface area contributed by atoms with Crippen molar-refractivity contribution in [1.29, 1.82) is 0 Å². The molecule has 19 heavy (non-hydrogen) atoms. The molecular weight excluding hydrogens is 242 g/mol. The Labute approximate surface area is 116 Å². The van der Waals surface area contributed by atoms with Crippen LogP contribution in [-0.4, -0.2) is 35.9 Å². The molecule has 1 atom stereocenters. The smallest absolute Gasteiger partial charge is 0.228 e. The van der Waals surface area contributed by atoms with Crippen LogP contribution in [0.2, 0.25) is 0 Å². The van der Waals surface area contributed by atoms with Crippen LogP contribution in [0, 0.1) is 5.92 Å². The van der Waals surface area contributed by atoms with Crippen molar-refractivity contribution >= 4 is 0 Å². The molecule has 0 aliphatic heterocycles. The molecule has 0 saturated carbocycles. The molecular formula is C14H27N3O2. The van der Waals surface area contributed by atoms with Crippen molar-refractivity contribution in [1.82, 2.24) is 15.5 Å². The van der Waals surface area contributed by atoms with Crippen LogP contribution in [0.1, 0.15) is 45.8 Å². The highest BCUT2D eigenvalue weighted by Crippen LogP contribution is 2.09. The van der Waals surface area contributed by atoms with Crippen LogP contribution in [0.3, 0.4) is 0 Å². The van der Waals surface area contributed by atoms with Gasteiger partial charge in [-0.1, -0.05) is 25.9 Å². The first-order valence-electron chi connectivity index (χ1n) is 7.29. The summed E-state index contributed by atoms with van der Waals surface area (Å²) in [6.07, 6.45) is 2.64. The predicted molar refractivity (Wildman–Crippen MR) is 75.1 cm³/mol. The largest absolute Gasteiger partial charge is 0.381 e. The van der Waals surface area contributed by atoms with E-state index < -0.39 is 0 Å². The third kappa shape index (κ3) is 6.16. The number of hydrogen-bond acceptors (Lipinski definition) is 5. The summed E-state index contributed by atoms with van der Waals surface area (Å²) in [5.74, 6) is 2.00. The van der Waals surface area contributed by atoms with Gasteiger partial charge in [0, 0.05) is 25.5 Å². The fourth-order valence-corrected chi connectivity index (χ4v) is 1.84. The molecule has 0 fully saturated rings. The monoisotopic (exact) mass is 269 g/mol. The summed E-state index contributed by atoms with van der Waals surface area (Å²) in [7, 11) is 0. The lowest BCUT2D eigenvalue weighted by Crippen LogP contribution is -2.36. The molecule has 1 rings (SSSR count). The van der Waals surface area contributed by atoms with Crippen molar-refractivity contribution in [3.63, 3.8) is 0 Å². The van der Waals surface area contributed by atoms with Gasteiger partial charge in [0.2, 0.25) is 5.89 Å². The Bertz CT molecular complexity index is 339. The summed E-state index contributed by atoms with van der Waals surface area (Å²) >= 11 is 0. The van der Waals surface area contributed by atoms with Gasteiger partial charge in [0.05, 0.1) is 6.61 Å². The normalized spacial score (nSPS) is 13.1. The van der Waals surface area contributed by atoms with Crippen LogP contribution in [0.4, 0.5) is 0 Å². The van der Waals surface area contributed by atoms with E-state index in [-0.39, 0.29) is 0 Å². The van der Waals surface area contributed by atoms with Gasteiger partial charge >= 0.3 is 0 Å². The van der Waals surface area contributed by atoms with Crippen LogP contribution >= 0.6 is 0 Å². The number of nitrogens with zero attached hydrogens (tertiary/aromatic N) is 2. The molecule has 0 aromatic carbocycles. The predicted octanol–water partition coefficient (Wildman–Crippen LogP) is 2.22. The molecule has 0 bridgehead atoms. The number of rotatable bonds is 10. The topological polar surface area (TPSA) is 60.2 Å². The highest BCUT2D eigenvalue weighted by atomic mass is 16.5. The number of aromatic nitrogens is 2. The molecule has 0 aliphatic rings. The first-order valence-corrected chi connectivity index (χ1v) is 7.29. The molecule has 1 unspecified atom stereocenters. The minimum Gasteiger partial charge on any atom is -0.381 e. The Morgan fingerprint density at radius 1 is 1.32 bits per heavy atom. The molecule has 0 radical (unpaired) electrons. The second-order valence-corrected chi connectivity index (χ2v) is 5.06. The van der Waals surface area contributed by atoms with Crippen molar-refractivity contribution in [3.05, 3.63) is 11.7 Å². The van der Waals surface area contributed by atoms with Gasteiger partial charge in [0.15, 0.2) is 5.82 Å². The van der Waals surface area contributed by atoms with E-state index in [4.69, 9.17) is 9.26 Å². The van der Waals surface area contributed by atoms with Crippen LogP contribution in [0.5, 0.6) is 0 Å². The summed E-state index contributed by atoms with van der Waals surface area (Å²) in [5, 5.41) is 7.51. The highest BCUT2D eigenvalue weighted by molar-refractivity contribution is 4.90. The fourth-order valence-electron chi connectivity index (χ4n) is 1.84. The molecule has 0 saturated heterocycles. The van der Waals surface area contributed by atoms with E-state index >= 15 is 0 Å². The van der Waals surface area contributed by atoms with E-state index in [1.54, 1.807) is 0 Å². The van der Waals surface area contributed by atoms with Crippen molar-refractivity contribution < 1.29 is 9.26 Å². The van der Waals surface area contributed by atoms with Gasteiger partial charge in [-0.2, -0.15) is 4.98 Å². The van der Waals surface area contributed by atoms with Gasteiger partial charge in [-0.05, 0) is 25.8 Å². The van der Waals surface area contributed by atoms with E-state index in [9.17, 15) is 0 Å². The molecule has 1 N–H and O–H groups in total. The molecule has 0 spiro atoms. The maximum Gasteiger partial charge on any atom is 0.228 e. The zero-order chi connectivity index (χ0) is 14.1. The number of nitrogens with one attached hydrogen (secondary N) is 1. The van der Waals surface area contributed by atoms with Crippen LogP contribution in [0.15, 0.2) is 4.52 Å². The van der Waals surface area contributed by atoms with Crippen molar-refractivity contribution in [3.8, 4) is 0 Å². The summed E-state index contributed by atoms with van der Waals surface area (Å²) < 4.78 is 10.6. The van der Waals surface area contributed by atoms with Crippen LogP contribution in [0.25, 0.3) is 0 Å². The molecule has 1 heterocycles. The third-order valence-electron chi connectivity index (χ3n) is 3.04. The summed E-state index contributed by atoms with van der Waals surface area (Å²) in [6, 6.07) is 0.389. The number of ether oxygens (including phenoxy) is 1. The van der Waals surface area contributed by atoms with Gasteiger partial charge in [0.25, 0.3) is 0 Å². The summed E-state index contributed by atoms with van der Waals surface area (Å²) in [4.78, 5) is 4.41. The molecule has 5 nitrogen and oxygen atoms in total. The Morgan fingerprint density at radius 2 is 2.11 bits per heavy atom. The molecule has 1 aromatic rings. The van der Waals surface area contributed by atoms with Crippen molar-refractivity contribution in [2.45, 2.75) is 53.0 Å². The second-order valence-electron chi connectivity index (χ2n) is 5.06. The average Bonchev–Trinajstić information content (AvgIpc) is 2.82. The average molecular weight is 269 g/mol. The molecule has 0 aliphatic carbocycles. The number of hydrogen-bond donors (Lipinski definition) is 1. The van der Waals surface area contributed by atoms with E-state index in [0.29, 0.717) is 30.9 Å². The maximum absolute atomic E-state index is 5.30. The van der Waals surface area contributed by atoms with E-state index in [0.717, 1.165) is 31.8 Å². The zero-order valence-corrected chi connectivity index (χ0v) is 12.6. The Kier molecular flexibility index (Phi) is 7.67. The Hall–Kier alpha value is -0.940. The second kappa shape index (κ2) is 9.04. The van der Waals surface area contributed by atoms with Crippen molar-refractivity contribution in [2.75, 3.05) is 19.8 Å². The van der Waals surface area contributed by atoms with Gasteiger partial charge in [-0.15, -0.1) is 0 Å². The first-order chi connectivity index (χ1) is 9.17. The molecule has 1 aromatic heterocycles. The van der Waals surface area contributed by atoms with E-state index in [1.165, 1.54) is 0 Å². The van der Waals surface area contributed by atoms with Crippen LogP contribution in [-0.2, 0) is 17.6 Å². The van der Waals surface area contributed by atoms with Gasteiger partial charge < -0.3 is 14.6 Å². The van der Waals surface area contributed by atoms with Gasteiger partial charge in [-0.25, -0.2) is 0 Å². The van der Waals surface area contributed by atoms with E-state index in [1.807, 2.05) is 6.92 Å². The SMILES string of the molecule is CCCNC(Cc1nc(CCOCC)no1)C(C)C.